The second-order valence-corrected chi connectivity index (χ2v) is 5.03. The number of nitrogens with two attached hydrogens (primary N) is 1. The predicted octanol–water partition coefficient (Wildman–Crippen LogP) is 1.84. The van der Waals surface area contributed by atoms with Gasteiger partial charge in [-0.1, -0.05) is 6.42 Å². The van der Waals surface area contributed by atoms with Gasteiger partial charge in [-0.15, -0.1) is 11.8 Å². The van der Waals surface area contributed by atoms with Gasteiger partial charge in [0, 0.05) is 23.7 Å². The lowest BCUT2D eigenvalue weighted by molar-refractivity contribution is 0.451. The SMILES string of the molecule is NC1CCCC(Sc2cnccn2)C1. The Kier molecular flexibility index (Phi) is 3.37. The van der Waals surface area contributed by atoms with Crippen molar-refractivity contribution in [2.24, 2.45) is 5.73 Å². The van der Waals surface area contributed by atoms with Crippen LogP contribution in [0.1, 0.15) is 25.7 Å². The third-order valence-electron chi connectivity index (χ3n) is 2.49. The van der Waals surface area contributed by atoms with Crippen LogP contribution >= 0.6 is 11.8 Å². The second-order valence-electron chi connectivity index (χ2n) is 3.71. The van der Waals surface area contributed by atoms with Gasteiger partial charge >= 0.3 is 0 Å². The van der Waals surface area contributed by atoms with Crippen LogP contribution in [-0.4, -0.2) is 21.3 Å². The van der Waals surface area contributed by atoms with E-state index in [0.29, 0.717) is 11.3 Å². The molecular weight excluding hydrogens is 194 g/mol. The average Bonchev–Trinajstić information content (AvgIpc) is 2.19. The van der Waals surface area contributed by atoms with Crippen molar-refractivity contribution in [3.8, 4) is 0 Å². The van der Waals surface area contributed by atoms with Crippen molar-refractivity contribution in [1.82, 2.24) is 9.97 Å². The van der Waals surface area contributed by atoms with Crippen LogP contribution in [0.15, 0.2) is 23.6 Å². The van der Waals surface area contributed by atoms with Gasteiger partial charge in [0.15, 0.2) is 0 Å². The van der Waals surface area contributed by atoms with Crippen LogP contribution in [0, 0.1) is 0 Å². The summed E-state index contributed by atoms with van der Waals surface area (Å²) in [5.74, 6) is 0. The van der Waals surface area contributed by atoms with Crippen molar-refractivity contribution >= 4 is 11.8 Å². The molecule has 0 aromatic carbocycles. The lowest BCUT2D eigenvalue weighted by atomic mass is 9.96. The molecule has 1 fully saturated rings. The summed E-state index contributed by atoms with van der Waals surface area (Å²) in [7, 11) is 0. The first kappa shape index (κ1) is 9.93. The van der Waals surface area contributed by atoms with Crippen molar-refractivity contribution in [1.29, 1.82) is 0 Å². The highest BCUT2D eigenvalue weighted by atomic mass is 32.2. The largest absolute Gasteiger partial charge is 0.328 e. The van der Waals surface area contributed by atoms with E-state index in [9.17, 15) is 0 Å². The van der Waals surface area contributed by atoms with E-state index in [0.717, 1.165) is 11.4 Å². The fourth-order valence-corrected chi connectivity index (χ4v) is 3.02. The van der Waals surface area contributed by atoms with Crippen LogP contribution in [0.3, 0.4) is 0 Å². The summed E-state index contributed by atoms with van der Waals surface area (Å²) >= 11 is 1.81. The number of hydrogen-bond acceptors (Lipinski definition) is 4. The van der Waals surface area contributed by atoms with E-state index in [2.05, 4.69) is 9.97 Å². The molecule has 0 radical (unpaired) electrons. The smallest absolute Gasteiger partial charge is 0.115 e. The minimum Gasteiger partial charge on any atom is -0.328 e. The molecule has 1 saturated carbocycles. The van der Waals surface area contributed by atoms with Crippen LogP contribution < -0.4 is 5.73 Å². The van der Waals surface area contributed by atoms with E-state index in [-0.39, 0.29) is 0 Å². The molecule has 2 unspecified atom stereocenters. The molecule has 1 aliphatic carbocycles. The van der Waals surface area contributed by atoms with Crippen LogP contribution in [0.25, 0.3) is 0 Å². The number of hydrogen-bond donors (Lipinski definition) is 1. The summed E-state index contributed by atoms with van der Waals surface area (Å²) in [6.45, 7) is 0. The molecule has 0 aliphatic heterocycles. The quantitative estimate of drug-likeness (QED) is 0.807. The van der Waals surface area contributed by atoms with Crippen LogP contribution in [-0.2, 0) is 0 Å². The first-order valence-corrected chi connectivity index (χ1v) is 5.91. The Morgan fingerprint density at radius 3 is 3.00 bits per heavy atom. The Morgan fingerprint density at radius 1 is 1.36 bits per heavy atom. The maximum atomic E-state index is 5.93. The molecule has 2 rings (SSSR count). The predicted molar refractivity (Wildman–Crippen MR) is 58.1 cm³/mol. The lowest BCUT2D eigenvalue weighted by Crippen LogP contribution is -2.29. The van der Waals surface area contributed by atoms with Gasteiger partial charge in [-0.05, 0) is 19.3 Å². The van der Waals surface area contributed by atoms with E-state index in [4.69, 9.17) is 5.73 Å². The van der Waals surface area contributed by atoms with Crippen molar-refractivity contribution < 1.29 is 0 Å². The summed E-state index contributed by atoms with van der Waals surface area (Å²) in [6.07, 6.45) is 10.1. The molecule has 2 N–H and O–H groups in total. The van der Waals surface area contributed by atoms with Crippen LogP contribution in [0.2, 0.25) is 0 Å². The molecule has 1 aliphatic rings. The zero-order valence-corrected chi connectivity index (χ0v) is 8.91. The molecule has 1 heterocycles. The first-order valence-electron chi connectivity index (χ1n) is 5.03. The van der Waals surface area contributed by atoms with Gasteiger partial charge in [0.2, 0.25) is 0 Å². The minimum absolute atomic E-state index is 0.387. The molecule has 4 heteroatoms. The maximum absolute atomic E-state index is 5.93. The molecule has 14 heavy (non-hydrogen) atoms. The highest BCUT2D eigenvalue weighted by Crippen LogP contribution is 2.31. The molecule has 1 aromatic heterocycles. The lowest BCUT2D eigenvalue weighted by Gasteiger charge is -2.25. The summed E-state index contributed by atoms with van der Waals surface area (Å²) in [4.78, 5) is 8.31. The van der Waals surface area contributed by atoms with Crippen LogP contribution in [0.5, 0.6) is 0 Å². The average molecular weight is 209 g/mol. The Labute approximate surface area is 88.5 Å². The fraction of sp³-hybridized carbons (Fsp3) is 0.600. The second kappa shape index (κ2) is 4.75. The summed E-state index contributed by atoms with van der Waals surface area (Å²) < 4.78 is 0. The van der Waals surface area contributed by atoms with Crippen molar-refractivity contribution in [2.75, 3.05) is 0 Å². The van der Waals surface area contributed by atoms with Crippen molar-refractivity contribution in [3.63, 3.8) is 0 Å². The molecule has 76 valence electrons. The monoisotopic (exact) mass is 209 g/mol. The maximum Gasteiger partial charge on any atom is 0.115 e. The normalized spacial score (nSPS) is 27.5. The highest BCUT2D eigenvalue weighted by molar-refractivity contribution is 7.99. The Hall–Kier alpha value is -0.610. The Morgan fingerprint density at radius 2 is 2.29 bits per heavy atom. The zero-order valence-electron chi connectivity index (χ0n) is 8.10. The topological polar surface area (TPSA) is 51.8 Å². The molecular formula is C10H15N3S. The van der Waals surface area contributed by atoms with Gasteiger partial charge in [-0.3, -0.25) is 4.98 Å². The standard InChI is InChI=1S/C10H15N3S/c11-8-2-1-3-9(6-8)14-10-7-12-4-5-13-10/h4-5,7-9H,1-3,6,11H2. The zero-order chi connectivity index (χ0) is 9.80. The highest BCUT2D eigenvalue weighted by Gasteiger charge is 2.20. The van der Waals surface area contributed by atoms with E-state index < -0.39 is 0 Å². The minimum atomic E-state index is 0.387. The summed E-state index contributed by atoms with van der Waals surface area (Å²) in [6, 6.07) is 0.387. The Balaban J connectivity index is 1.91. The van der Waals surface area contributed by atoms with E-state index >= 15 is 0 Å². The Bertz CT molecular complexity index is 278. The molecule has 0 saturated heterocycles. The van der Waals surface area contributed by atoms with Gasteiger partial charge in [0.1, 0.15) is 5.03 Å². The van der Waals surface area contributed by atoms with Gasteiger partial charge in [0.05, 0.1) is 6.20 Å². The van der Waals surface area contributed by atoms with Gasteiger partial charge in [-0.25, -0.2) is 4.98 Å². The van der Waals surface area contributed by atoms with Gasteiger partial charge in [0.25, 0.3) is 0 Å². The van der Waals surface area contributed by atoms with E-state index in [1.54, 1.807) is 12.4 Å². The van der Waals surface area contributed by atoms with Crippen molar-refractivity contribution in [2.45, 2.75) is 42.0 Å². The molecule has 0 bridgehead atoms. The number of nitrogens with zero attached hydrogens (tertiary/aromatic N) is 2. The molecule has 2 atom stereocenters. The van der Waals surface area contributed by atoms with Gasteiger partial charge < -0.3 is 5.73 Å². The van der Waals surface area contributed by atoms with Crippen molar-refractivity contribution in [3.05, 3.63) is 18.6 Å². The molecule has 0 amide bonds. The van der Waals surface area contributed by atoms with Gasteiger partial charge in [-0.2, -0.15) is 0 Å². The molecule has 1 aromatic rings. The van der Waals surface area contributed by atoms with E-state index in [1.165, 1.54) is 19.3 Å². The number of aromatic nitrogens is 2. The number of rotatable bonds is 2. The van der Waals surface area contributed by atoms with Crippen LogP contribution in [0.4, 0.5) is 0 Å². The van der Waals surface area contributed by atoms with E-state index in [1.807, 2.05) is 18.0 Å². The molecule has 0 spiro atoms. The third-order valence-corrected chi connectivity index (χ3v) is 3.71. The summed E-state index contributed by atoms with van der Waals surface area (Å²) in [5.41, 5.74) is 5.93. The fourth-order valence-electron chi connectivity index (χ4n) is 1.81. The summed E-state index contributed by atoms with van der Waals surface area (Å²) in [5, 5.41) is 1.65. The molecule has 3 nitrogen and oxygen atoms in total. The first-order chi connectivity index (χ1) is 6.84. The number of thioether (sulfide) groups is 1. The third kappa shape index (κ3) is 2.69.